The Balaban J connectivity index is 1.75. The summed E-state index contributed by atoms with van der Waals surface area (Å²) in [7, 11) is 0. The van der Waals surface area contributed by atoms with Crippen LogP contribution in [0.2, 0.25) is 0 Å². The average Bonchev–Trinajstić information content (AvgIpc) is 1.34. The molecule has 24 nitrogen and oxygen atoms in total. The number of hydrogen-bond donors (Lipinski definition) is 12. The van der Waals surface area contributed by atoms with E-state index in [9.17, 15) is 72.9 Å². The lowest BCUT2D eigenvalue weighted by molar-refractivity contribution is -0.145. The van der Waals surface area contributed by atoms with Crippen molar-refractivity contribution in [3.05, 3.63) is 29.8 Å². The van der Waals surface area contributed by atoms with Crippen LogP contribution in [-0.4, -0.2) is 157 Å². The molecular weight excluding hydrogens is 1250 g/mol. The molecular formula is C68H112N8O16S2. The van der Waals surface area contributed by atoms with Crippen LogP contribution in [0.3, 0.4) is 0 Å². The summed E-state index contributed by atoms with van der Waals surface area (Å²) in [5.74, 6) is -8.75. The topological polar surface area (TPSA) is 424 Å². The molecule has 94 heavy (non-hydrogen) atoms. The number of Topliss-reactive ketones (excluding diaryl/α,β-unsaturated/α-hetero) is 4. The first-order valence-corrected chi connectivity index (χ1v) is 36.4. The molecule has 8 atom stereocenters. The normalized spacial score (nSPS) is 16.7. The Labute approximate surface area is 564 Å². The van der Waals surface area contributed by atoms with Gasteiger partial charge in [-0.05, 0) is 121 Å². The van der Waals surface area contributed by atoms with Crippen molar-refractivity contribution in [2.45, 2.75) is 256 Å². The van der Waals surface area contributed by atoms with E-state index in [-0.39, 0.29) is 137 Å². The van der Waals surface area contributed by atoms with Crippen LogP contribution >= 0.6 is 23.5 Å². The molecule has 0 saturated carbocycles. The summed E-state index contributed by atoms with van der Waals surface area (Å²) in [5.41, 5.74) is 17.3. The number of carboxylic acids is 3. The van der Waals surface area contributed by atoms with Gasteiger partial charge in [-0.15, -0.1) is 23.5 Å². The van der Waals surface area contributed by atoms with Crippen LogP contribution in [0, 0.1) is 23.7 Å². The molecule has 532 valence electrons. The van der Waals surface area contributed by atoms with Gasteiger partial charge in [-0.1, -0.05) is 103 Å². The zero-order chi connectivity index (χ0) is 69.8. The molecule has 1 saturated heterocycles. The summed E-state index contributed by atoms with van der Waals surface area (Å²) in [6.07, 6.45) is 16.6. The second kappa shape index (κ2) is 48.7. The Hall–Kier alpha value is -5.96. The largest absolute Gasteiger partial charge is 0.508 e. The van der Waals surface area contributed by atoms with Gasteiger partial charge in [0.1, 0.15) is 17.6 Å². The molecule has 2 rings (SSSR count). The molecule has 5 amide bonds. The van der Waals surface area contributed by atoms with Crippen LogP contribution in [0.15, 0.2) is 24.3 Å². The van der Waals surface area contributed by atoms with E-state index >= 15 is 0 Å². The van der Waals surface area contributed by atoms with Crippen LogP contribution in [0.1, 0.15) is 225 Å². The van der Waals surface area contributed by atoms with Crippen molar-refractivity contribution in [2.24, 2.45) is 40.9 Å². The number of phenolic OH excluding ortho intramolecular Hbond substituents is 1. The van der Waals surface area contributed by atoms with E-state index in [2.05, 4.69) is 26.6 Å². The van der Waals surface area contributed by atoms with Gasteiger partial charge in [0.25, 0.3) is 0 Å². The minimum atomic E-state index is -1.42. The van der Waals surface area contributed by atoms with Crippen LogP contribution in [-0.2, 0) is 64.0 Å². The summed E-state index contributed by atoms with van der Waals surface area (Å²) in [6.45, 7) is 5.81. The van der Waals surface area contributed by atoms with E-state index in [0.717, 1.165) is 63.4 Å². The first-order chi connectivity index (χ1) is 44.7. The minimum Gasteiger partial charge on any atom is -0.508 e. The lowest BCUT2D eigenvalue weighted by atomic mass is 9.82. The Kier molecular flexibility index (Phi) is 43.6. The van der Waals surface area contributed by atoms with Crippen molar-refractivity contribution >= 4 is 94.1 Å². The fourth-order valence-electron chi connectivity index (χ4n) is 11.5. The van der Waals surface area contributed by atoms with Crippen LogP contribution in [0.25, 0.3) is 0 Å². The lowest BCUT2D eigenvalue weighted by Crippen LogP contribution is -2.55. The third kappa shape index (κ3) is 38.0. The molecule has 26 heteroatoms. The quantitative estimate of drug-likeness (QED) is 0.0287. The van der Waals surface area contributed by atoms with Crippen molar-refractivity contribution in [1.29, 1.82) is 0 Å². The monoisotopic (exact) mass is 1360 g/mol. The number of thioether (sulfide) groups is 2. The van der Waals surface area contributed by atoms with Gasteiger partial charge >= 0.3 is 17.9 Å². The second-order valence-corrected chi connectivity index (χ2v) is 28.3. The molecule has 1 heterocycles. The van der Waals surface area contributed by atoms with Crippen molar-refractivity contribution < 1.29 is 78.0 Å². The summed E-state index contributed by atoms with van der Waals surface area (Å²) in [5, 5.41) is 52.3. The number of benzene rings is 1. The third-order valence-corrected chi connectivity index (χ3v) is 19.6. The van der Waals surface area contributed by atoms with Crippen molar-refractivity contribution in [1.82, 2.24) is 26.6 Å². The number of unbranched alkanes of at least 4 members (excludes halogenated alkanes) is 14. The number of phenols is 1. The van der Waals surface area contributed by atoms with Crippen molar-refractivity contribution in [2.75, 3.05) is 36.2 Å². The number of rotatable bonds is 53. The highest BCUT2D eigenvalue weighted by atomic mass is 32.2. The molecule has 15 N–H and O–H groups in total. The van der Waals surface area contributed by atoms with Gasteiger partial charge < -0.3 is 58.9 Å². The zero-order valence-electron chi connectivity index (χ0n) is 56.0. The first kappa shape index (κ1) is 84.1. The molecule has 0 spiro atoms. The number of hydrogen-bond acceptors (Lipinski definition) is 18. The van der Waals surface area contributed by atoms with Gasteiger partial charge in [0.2, 0.25) is 29.5 Å². The maximum Gasteiger partial charge on any atom is 0.326 e. The minimum absolute atomic E-state index is 0.00188. The van der Waals surface area contributed by atoms with Crippen molar-refractivity contribution in [3.8, 4) is 5.75 Å². The molecule has 1 aliphatic rings. The summed E-state index contributed by atoms with van der Waals surface area (Å²) >= 11 is 2.91. The van der Waals surface area contributed by atoms with Gasteiger partial charge in [0.15, 0.2) is 17.3 Å². The Morgan fingerprint density at radius 2 is 1.21 bits per heavy atom. The molecule has 1 aromatic carbocycles. The predicted octanol–water partition coefficient (Wildman–Crippen LogP) is 7.19. The summed E-state index contributed by atoms with van der Waals surface area (Å²) in [6, 6.07) is 2.34. The van der Waals surface area contributed by atoms with E-state index in [1.54, 1.807) is 19.1 Å². The van der Waals surface area contributed by atoms with Crippen molar-refractivity contribution in [3.63, 3.8) is 0 Å². The van der Waals surface area contributed by atoms with E-state index in [4.69, 9.17) is 22.3 Å². The van der Waals surface area contributed by atoms with Crippen LogP contribution in [0.4, 0.5) is 0 Å². The average molecular weight is 1360 g/mol. The Morgan fingerprint density at radius 3 is 1.79 bits per heavy atom. The van der Waals surface area contributed by atoms with E-state index in [1.807, 2.05) is 13.8 Å². The Morgan fingerprint density at radius 1 is 0.638 bits per heavy atom. The van der Waals surface area contributed by atoms with Gasteiger partial charge in [0.05, 0.1) is 36.1 Å². The molecule has 0 unspecified atom stereocenters. The summed E-state index contributed by atoms with van der Waals surface area (Å²) in [4.78, 5) is 154. The number of aliphatic carboxylic acids is 3. The molecule has 1 aromatic rings. The lowest BCUT2D eigenvalue weighted by Gasteiger charge is -2.33. The Bertz CT molecular complexity index is 2530. The molecule has 0 aliphatic carbocycles. The number of aromatic hydroxyl groups is 1. The highest BCUT2D eigenvalue weighted by Crippen LogP contribution is 2.27. The zero-order valence-corrected chi connectivity index (χ0v) is 57.7. The number of nitrogens with two attached hydrogens (primary N) is 3. The number of nitrogens with one attached hydrogen (secondary N) is 5. The molecule has 0 radical (unpaired) electrons. The standard InChI is InChI=1S/C68H112N8O16S2/c1-46(2)41-68(3,59(81)34-28-49(63(71)86)39-47-25-30-51(77)31-26-47)76-64(87)48(21-20-37-69)27-33-57(79)55-43-93-45-94-44-56(58(80)42-73-55)75-65(88)53(70)23-18-19-38-72-60(82)36-32-54(67(91)92)74-61(83)35-29-50(66(89)90)40-52(78)22-16-14-12-10-8-6-4-5-7-9-11-13-15-17-24-62(84)85/h25-26,30-31,46,48-50,53-56,73,77H,4-24,27-29,32-45,69-70H2,1-3H3,(H2,71,86)(H,72,82)(H,74,83)(H,75,88)(H,76,87)(H,84,85)(H,89,90)(H,91,92)/t48-,49+,50-,53+,54+,55+,56+,68+/m1/s1. The number of ketones is 4. The maximum atomic E-state index is 14.1. The van der Waals surface area contributed by atoms with E-state index < -0.39 is 94.9 Å². The second-order valence-electron chi connectivity index (χ2n) is 25.9. The molecule has 1 fully saturated rings. The fourth-order valence-corrected chi connectivity index (χ4v) is 13.8. The molecule has 0 bridgehead atoms. The smallest absolute Gasteiger partial charge is 0.326 e. The SMILES string of the molecule is CC(C)C[C@](C)(NC(=O)[C@H](CCCN)CCC(=O)[C@@H]1CSCSC[C@H](NC(=O)[C@@H](N)CCCCNC(=O)CC[C@H](NC(=O)CC[C@H](CC(=O)CCCCCCCCCCCCCCCCC(=O)O)C(=O)O)C(=O)O)C(=O)CN1)C(=O)CC[C@@H](Cc1ccc(O)cc1)C(N)=O. The molecule has 0 aromatic heterocycles. The number of carbonyl (C=O) groups excluding carboxylic acids is 9. The molecule has 1 aliphatic heterocycles. The fraction of sp³-hybridized carbons (Fsp3) is 0.735. The maximum absolute atomic E-state index is 14.1. The number of primary amides is 1. The summed E-state index contributed by atoms with van der Waals surface area (Å²) < 4.78 is 0. The van der Waals surface area contributed by atoms with Crippen LogP contribution in [0.5, 0.6) is 5.75 Å². The third-order valence-electron chi connectivity index (χ3n) is 17.1. The van der Waals surface area contributed by atoms with Gasteiger partial charge in [-0.3, -0.25) is 58.1 Å². The van der Waals surface area contributed by atoms with Gasteiger partial charge in [-0.2, -0.15) is 0 Å². The van der Waals surface area contributed by atoms with E-state index in [0.29, 0.717) is 55.9 Å². The van der Waals surface area contributed by atoms with Gasteiger partial charge in [-0.25, -0.2) is 4.79 Å². The highest BCUT2D eigenvalue weighted by molar-refractivity contribution is 8.16. The van der Waals surface area contributed by atoms with E-state index in [1.165, 1.54) is 61.3 Å². The first-order valence-electron chi connectivity index (χ1n) is 34.1. The highest BCUT2D eigenvalue weighted by Gasteiger charge is 2.38. The predicted molar refractivity (Wildman–Crippen MR) is 364 cm³/mol. The van der Waals surface area contributed by atoms with Gasteiger partial charge in [0, 0.05) is 79.9 Å². The van der Waals surface area contributed by atoms with Crippen LogP contribution < -0.4 is 43.8 Å². The number of carbonyl (C=O) groups is 12. The number of carboxylic acid groups (broad SMARTS) is 3. The number of amides is 5.